The first-order valence-corrected chi connectivity index (χ1v) is 8.30. The molecule has 0 unspecified atom stereocenters. The number of methoxy groups -OCH3 is 1. The Labute approximate surface area is 131 Å². The van der Waals surface area contributed by atoms with Gasteiger partial charge in [-0.3, -0.25) is 4.72 Å². The summed E-state index contributed by atoms with van der Waals surface area (Å²) in [6.07, 6.45) is 0. The van der Waals surface area contributed by atoms with Crippen molar-refractivity contribution in [1.82, 2.24) is 0 Å². The van der Waals surface area contributed by atoms with Crippen molar-refractivity contribution >= 4 is 31.6 Å². The molecular weight excluding hydrogens is 358 g/mol. The maximum atomic E-state index is 12.4. The van der Waals surface area contributed by atoms with E-state index in [2.05, 4.69) is 20.7 Å². The number of sulfonamides is 1. The van der Waals surface area contributed by atoms with Crippen molar-refractivity contribution in [2.45, 2.75) is 11.5 Å². The predicted octanol–water partition coefficient (Wildman–Crippen LogP) is 2.75. The van der Waals surface area contributed by atoms with Crippen LogP contribution in [0, 0.1) is 0 Å². The number of hydrogen-bond acceptors (Lipinski definition) is 4. The van der Waals surface area contributed by atoms with Crippen LogP contribution in [0.4, 0.5) is 5.69 Å². The lowest BCUT2D eigenvalue weighted by molar-refractivity contribution is 0.281. The molecule has 0 bridgehead atoms. The van der Waals surface area contributed by atoms with E-state index < -0.39 is 10.0 Å². The molecule has 2 aromatic carbocycles. The van der Waals surface area contributed by atoms with Crippen molar-refractivity contribution in [2.75, 3.05) is 11.8 Å². The molecule has 0 amide bonds. The second-order valence-corrected chi connectivity index (χ2v) is 6.77. The fourth-order valence-corrected chi connectivity index (χ4v) is 3.81. The van der Waals surface area contributed by atoms with Crippen LogP contribution >= 0.6 is 15.9 Å². The summed E-state index contributed by atoms with van der Waals surface area (Å²) in [5.74, 6) is 0.554. The molecule has 2 N–H and O–H groups in total. The van der Waals surface area contributed by atoms with Crippen LogP contribution in [-0.4, -0.2) is 20.6 Å². The van der Waals surface area contributed by atoms with E-state index in [4.69, 9.17) is 9.84 Å². The highest BCUT2D eigenvalue weighted by molar-refractivity contribution is 9.10. The molecule has 0 fully saturated rings. The average Bonchev–Trinajstić information content (AvgIpc) is 2.47. The van der Waals surface area contributed by atoms with Crippen LogP contribution in [-0.2, 0) is 16.6 Å². The molecule has 0 aromatic heterocycles. The van der Waals surface area contributed by atoms with Crippen molar-refractivity contribution in [3.05, 3.63) is 52.5 Å². The third-order valence-electron chi connectivity index (χ3n) is 2.79. The molecule has 21 heavy (non-hydrogen) atoms. The number of ether oxygens (including phenoxy) is 1. The van der Waals surface area contributed by atoms with E-state index in [1.165, 1.54) is 13.2 Å². The number of rotatable bonds is 5. The Kier molecular flexibility index (Phi) is 4.87. The zero-order valence-electron chi connectivity index (χ0n) is 11.2. The zero-order valence-corrected chi connectivity index (χ0v) is 13.6. The van der Waals surface area contributed by atoms with Crippen LogP contribution in [0.1, 0.15) is 5.56 Å². The minimum Gasteiger partial charge on any atom is -0.497 e. The van der Waals surface area contributed by atoms with Crippen LogP contribution in [0.2, 0.25) is 0 Å². The first-order valence-electron chi connectivity index (χ1n) is 6.02. The van der Waals surface area contributed by atoms with Gasteiger partial charge < -0.3 is 9.84 Å². The van der Waals surface area contributed by atoms with Gasteiger partial charge in [0.15, 0.2) is 0 Å². The lowest BCUT2D eigenvalue weighted by Crippen LogP contribution is -2.14. The maximum Gasteiger partial charge on any atom is 0.263 e. The SMILES string of the molecule is COc1cccc(NS(=O)(=O)c2cc(CO)ccc2Br)c1. The first kappa shape index (κ1) is 15.8. The Hall–Kier alpha value is -1.57. The molecule has 0 aliphatic rings. The third-order valence-corrected chi connectivity index (χ3v) is 5.16. The fourth-order valence-electron chi connectivity index (χ4n) is 1.75. The van der Waals surface area contributed by atoms with Gasteiger partial charge in [-0.05, 0) is 45.8 Å². The van der Waals surface area contributed by atoms with E-state index in [0.29, 0.717) is 21.5 Å². The highest BCUT2D eigenvalue weighted by Crippen LogP contribution is 2.26. The fraction of sp³-hybridized carbons (Fsp3) is 0.143. The lowest BCUT2D eigenvalue weighted by atomic mass is 10.2. The summed E-state index contributed by atoms with van der Waals surface area (Å²) in [6.45, 7) is -0.227. The molecule has 2 aromatic rings. The quantitative estimate of drug-likeness (QED) is 0.846. The van der Waals surface area contributed by atoms with Crippen LogP contribution in [0.5, 0.6) is 5.75 Å². The number of nitrogens with one attached hydrogen (secondary N) is 1. The van der Waals surface area contributed by atoms with Crippen molar-refractivity contribution < 1.29 is 18.3 Å². The second-order valence-electron chi connectivity index (χ2n) is 4.26. The average molecular weight is 372 g/mol. The van der Waals surface area contributed by atoms with Crippen LogP contribution in [0.15, 0.2) is 51.8 Å². The van der Waals surface area contributed by atoms with Gasteiger partial charge in [0.25, 0.3) is 10.0 Å². The van der Waals surface area contributed by atoms with Crippen molar-refractivity contribution in [3.8, 4) is 5.75 Å². The summed E-state index contributed by atoms with van der Waals surface area (Å²) in [5.41, 5.74) is 0.917. The minimum atomic E-state index is -3.77. The van der Waals surface area contributed by atoms with Crippen molar-refractivity contribution in [3.63, 3.8) is 0 Å². The number of benzene rings is 2. The molecule has 5 nitrogen and oxygen atoms in total. The number of aliphatic hydroxyl groups is 1. The van der Waals surface area contributed by atoms with Crippen molar-refractivity contribution in [1.29, 1.82) is 0 Å². The van der Waals surface area contributed by atoms with Crippen LogP contribution in [0.25, 0.3) is 0 Å². The van der Waals surface area contributed by atoms with E-state index in [-0.39, 0.29) is 11.5 Å². The third kappa shape index (κ3) is 3.75. The number of hydrogen-bond donors (Lipinski definition) is 2. The molecule has 2 rings (SSSR count). The molecule has 112 valence electrons. The molecular formula is C14H14BrNO4S. The minimum absolute atomic E-state index is 0.0665. The van der Waals surface area contributed by atoms with E-state index in [1.807, 2.05) is 0 Å². The summed E-state index contributed by atoms with van der Waals surface area (Å²) >= 11 is 3.21. The van der Waals surface area contributed by atoms with Gasteiger partial charge in [-0.25, -0.2) is 8.42 Å². The van der Waals surface area contributed by atoms with Gasteiger partial charge in [0.1, 0.15) is 10.6 Å². The topological polar surface area (TPSA) is 75.6 Å². The van der Waals surface area contributed by atoms with E-state index in [9.17, 15) is 8.42 Å². The monoisotopic (exact) mass is 371 g/mol. The van der Waals surface area contributed by atoms with Gasteiger partial charge in [0.2, 0.25) is 0 Å². The van der Waals surface area contributed by atoms with Gasteiger partial charge >= 0.3 is 0 Å². The van der Waals surface area contributed by atoms with Gasteiger partial charge in [-0.2, -0.15) is 0 Å². The molecule has 0 saturated heterocycles. The van der Waals surface area contributed by atoms with E-state index in [0.717, 1.165) is 0 Å². The number of aliphatic hydroxyl groups excluding tert-OH is 1. The molecule has 0 saturated carbocycles. The number of halogens is 1. The maximum absolute atomic E-state index is 12.4. The molecule has 7 heteroatoms. The Morgan fingerprint density at radius 2 is 2.00 bits per heavy atom. The normalized spacial score (nSPS) is 11.2. The van der Waals surface area contributed by atoms with Gasteiger partial charge in [0, 0.05) is 10.5 Å². The first-order chi connectivity index (χ1) is 9.96. The Morgan fingerprint density at radius 1 is 1.24 bits per heavy atom. The summed E-state index contributed by atoms with van der Waals surface area (Å²) in [6, 6.07) is 11.3. The van der Waals surface area contributed by atoms with Gasteiger partial charge in [0.05, 0.1) is 19.4 Å². The zero-order chi connectivity index (χ0) is 15.5. The van der Waals surface area contributed by atoms with Crippen molar-refractivity contribution in [2.24, 2.45) is 0 Å². The smallest absolute Gasteiger partial charge is 0.263 e. The van der Waals surface area contributed by atoms with Crippen LogP contribution in [0.3, 0.4) is 0 Å². The highest BCUT2D eigenvalue weighted by atomic mass is 79.9. The van der Waals surface area contributed by atoms with Gasteiger partial charge in [-0.1, -0.05) is 12.1 Å². The molecule has 0 aliphatic heterocycles. The summed E-state index contributed by atoms with van der Waals surface area (Å²) in [4.78, 5) is 0.0665. The lowest BCUT2D eigenvalue weighted by Gasteiger charge is -2.11. The van der Waals surface area contributed by atoms with Crippen LogP contribution < -0.4 is 9.46 Å². The Morgan fingerprint density at radius 3 is 2.67 bits per heavy atom. The standard InChI is InChI=1S/C14H14BrNO4S/c1-20-12-4-2-3-11(8-12)16-21(18,19)14-7-10(9-17)5-6-13(14)15/h2-8,16-17H,9H2,1H3. The highest BCUT2D eigenvalue weighted by Gasteiger charge is 2.18. The Balaban J connectivity index is 2.38. The largest absolute Gasteiger partial charge is 0.497 e. The molecule has 0 atom stereocenters. The second kappa shape index (κ2) is 6.46. The van der Waals surface area contributed by atoms with E-state index >= 15 is 0 Å². The summed E-state index contributed by atoms with van der Waals surface area (Å²) in [5, 5.41) is 9.13. The summed E-state index contributed by atoms with van der Waals surface area (Å²) < 4.78 is 32.8. The molecule has 0 aliphatic carbocycles. The van der Waals surface area contributed by atoms with Gasteiger partial charge in [-0.15, -0.1) is 0 Å². The predicted molar refractivity (Wildman–Crippen MR) is 83.9 cm³/mol. The Bertz CT molecular complexity index is 746. The van der Waals surface area contributed by atoms with E-state index in [1.54, 1.807) is 36.4 Å². The number of anilines is 1. The molecule has 0 spiro atoms. The molecule has 0 radical (unpaired) electrons. The molecule has 0 heterocycles. The summed E-state index contributed by atoms with van der Waals surface area (Å²) in [7, 11) is -2.26.